The molecule has 16 heavy (non-hydrogen) atoms. The van der Waals surface area contributed by atoms with E-state index in [1.54, 1.807) is 0 Å². The molecule has 0 aromatic heterocycles. The summed E-state index contributed by atoms with van der Waals surface area (Å²) < 4.78 is 0. The van der Waals surface area contributed by atoms with Gasteiger partial charge in [-0.05, 0) is 18.2 Å². The van der Waals surface area contributed by atoms with E-state index in [2.05, 4.69) is 0 Å². The molecule has 0 aliphatic carbocycles. The van der Waals surface area contributed by atoms with E-state index in [0.29, 0.717) is 0 Å². The molecule has 86 valence electrons. The number of benzene rings is 1. The van der Waals surface area contributed by atoms with Crippen molar-refractivity contribution in [2.24, 2.45) is 0 Å². The maximum Gasteiger partial charge on any atom is 0.335 e. The second-order valence-corrected chi connectivity index (χ2v) is 2.71. The van der Waals surface area contributed by atoms with Crippen LogP contribution in [0.25, 0.3) is 0 Å². The number of hydrogen-bond acceptors (Lipinski definition) is 3. The van der Waals surface area contributed by atoms with Crippen molar-refractivity contribution in [2.75, 3.05) is 0 Å². The quantitative estimate of drug-likeness (QED) is 0.719. The molecular formula is C9H7IO6. The highest BCUT2D eigenvalue weighted by molar-refractivity contribution is 14.0. The zero-order valence-electron chi connectivity index (χ0n) is 7.71. The second kappa shape index (κ2) is 5.45. The number of carboxylic acid groups (broad SMARTS) is 3. The van der Waals surface area contributed by atoms with Crippen molar-refractivity contribution in [1.29, 1.82) is 0 Å². The smallest absolute Gasteiger partial charge is 0.335 e. The van der Waals surface area contributed by atoms with Crippen LogP contribution in [0.3, 0.4) is 0 Å². The third-order valence-corrected chi connectivity index (χ3v) is 1.67. The summed E-state index contributed by atoms with van der Waals surface area (Å²) in [6.07, 6.45) is 0. The maximum absolute atomic E-state index is 10.6. The number of carboxylic acids is 3. The van der Waals surface area contributed by atoms with Crippen LogP contribution in [0, 0.1) is 0 Å². The Morgan fingerprint density at radius 3 is 1.00 bits per heavy atom. The summed E-state index contributed by atoms with van der Waals surface area (Å²) in [5, 5.41) is 25.8. The molecule has 0 spiro atoms. The van der Waals surface area contributed by atoms with E-state index >= 15 is 0 Å². The van der Waals surface area contributed by atoms with E-state index in [1.165, 1.54) is 0 Å². The third-order valence-electron chi connectivity index (χ3n) is 1.67. The largest absolute Gasteiger partial charge is 0.478 e. The van der Waals surface area contributed by atoms with E-state index in [1.807, 2.05) is 0 Å². The summed E-state index contributed by atoms with van der Waals surface area (Å²) in [5.41, 5.74) is -1.10. The first-order chi connectivity index (χ1) is 6.91. The van der Waals surface area contributed by atoms with Crippen LogP contribution in [0.2, 0.25) is 0 Å². The van der Waals surface area contributed by atoms with Crippen molar-refractivity contribution >= 4 is 41.9 Å². The van der Waals surface area contributed by atoms with Gasteiger partial charge in [0.15, 0.2) is 0 Å². The summed E-state index contributed by atoms with van der Waals surface area (Å²) in [6, 6.07) is 2.70. The van der Waals surface area contributed by atoms with E-state index in [-0.39, 0.29) is 40.7 Å². The van der Waals surface area contributed by atoms with Crippen LogP contribution in [0.4, 0.5) is 0 Å². The molecular weight excluding hydrogens is 331 g/mol. The fraction of sp³-hybridized carbons (Fsp3) is 0. The van der Waals surface area contributed by atoms with E-state index in [0.717, 1.165) is 18.2 Å². The van der Waals surface area contributed by atoms with Gasteiger partial charge in [-0.25, -0.2) is 14.4 Å². The van der Waals surface area contributed by atoms with Gasteiger partial charge in [-0.15, -0.1) is 24.0 Å². The fourth-order valence-corrected chi connectivity index (χ4v) is 0.998. The summed E-state index contributed by atoms with van der Waals surface area (Å²) in [6.45, 7) is 0. The van der Waals surface area contributed by atoms with Gasteiger partial charge in [-0.3, -0.25) is 0 Å². The lowest BCUT2D eigenvalue weighted by molar-refractivity contribution is 0.0696. The minimum absolute atomic E-state index is 0. The highest BCUT2D eigenvalue weighted by atomic mass is 127. The van der Waals surface area contributed by atoms with Crippen molar-refractivity contribution < 1.29 is 29.7 Å². The molecule has 0 unspecified atom stereocenters. The van der Waals surface area contributed by atoms with Crippen molar-refractivity contribution in [3.63, 3.8) is 0 Å². The molecule has 1 aromatic rings. The van der Waals surface area contributed by atoms with Crippen molar-refractivity contribution in [1.82, 2.24) is 0 Å². The molecule has 0 heterocycles. The maximum atomic E-state index is 10.6. The molecule has 1 aromatic carbocycles. The van der Waals surface area contributed by atoms with Crippen molar-refractivity contribution in [2.45, 2.75) is 0 Å². The van der Waals surface area contributed by atoms with Gasteiger partial charge in [-0.2, -0.15) is 0 Å². The molecule has 0 bridgehead atoms. The molecule has 6 nitrogen and oxygen atoms in total. The Bertz CT molecular complexity index is 374. The van der Waals surface area contributed by atoms with Gasteiger partial charge in [0.25, 0.3) is 0 Å². The average Bonchev–Trinajstić information content (AvgIpc) is 2.16. The van der Waals surface area contributed by atoms with Gasteiger partial charge in [0.05, 0.1) is 16.7 Å². The molecule has 0 saturated heterocycles. The monoisotopic (exact) mass is 338 g/mol. The number of halogens is 1. The van der Waals surface area contributed by atoms with Crippen LogP contribution in [-0.2, 0) is 0 Å². The first-order valence-corrected chi connectivity index (χ1v) is 3.77. The van der Waals surface area contributed by atoms with Crippen LogP contribution in [-0.4, -0.2) is 33.2 Å². The molecule has 0 saturated carbocycles. The van der Waals surface area contributed by atoms with Crippen LogP contribution in [0.5, 0.6) is 0 Å². The molecule has 7 heteroatoms. The Morgan fingerprint density at radius 1 is 0.688 bits per heavy atom. The number of aromatic carboxylic acids is 3. The van der Waals surface area contributed by atoms with E-state index in [4.69, 9.17) is 15.3 Å². The molecule has 0 aliphatic rings. The Kier molecular flexibility index (Phi) is 4.89. The first-order valence-electron chi connectivity index (χ1n) is 3.77. The third kappa shape index (κ3) is 3.19. The van der Waals surface area contributed by atoms with Crippen LogP contribution >= 0.6 is 24.0 Å². The Hall–Kier alpha value is -1.64. The summed E-state index contributed by atoms with van der Waals surface area (Å²) in [4.78, 5) is 31.7. The van der Waals surface area contributed by atoms with Gasteiger partial charge < -0.3 is 15.3 Å². The number of rotatable bonds is 3. The molecule has 0 fully saturated rings. The number of carbonyl (C=O) groups is 3. The zero-order chi connectivity index (χ0) is 11.6. The summed E-state index contributed by atoms with van der Waals surface area (Å²) >= 11 is 0. The van der Waals surface area contributed by atoms with Gasteiger partial charge in [0.2, 0.25) is 0 Å². The lowest BCUT2D eigenvalue weighted by Crippen LogP contribution is -2.07. The minimum Gasteiger partial charge on any atom is -0.478 e. The van der Waals surface area contributed by atoms with Gasteiger partial charge in [0, 0.05) is 0 Å². The molecule has 0 aliphatic heterocycles. The fourth-order valence-electron chi connectivity index (χ4n) is 0.998. The standard InChI is InChI=1S/C9H6O6.HI/c10-7(11)4-1-5(8(12)13)3-6(2-4)9(14)15;/h1-3H,(H,10,11)(H,12,13)(H,14,15);1H. The second-order valence-electron chi connectivity index (χ2n) is 2.71. The lowest BCUT2D eigenvalue weighted by Gasteiger charge is -2.00. The van der Waals surface area contributed by atoms with Crippen molar-refractivity contribution in [3.8, 4) is 0 Å². The Balaban J connectivity index is 0.00000225. The molecule has 1 rings (SSSR count). The van der Waals surface area contributed by atoms with Crippen LogP contribution < -0.4 is 0 Å². The summed E-state index contributed by atoms with van der Waals surface area (Å²) in [7, 11) is 0. The molecule has 3 N–H and O–H groups in total. The van der Waals surface area contributed by atoms with E-state index in [9.17, 15) is 14.4 Å². The predicted octanol–water partition coefficient (Wildman–Crippen LogP) is 1.40. The Labute approximate surface area is 107 Å². The van der Waals surface area contributed by atoms with E-state index < -0.39 is 17.9 Å². The lowest BCUT2D eigenvalue weighted by atomic mass is 10.1. The zero-order valence-corrected chi connectivity index (χ0v) is 10.0. The van der Waals surface area contributed by atoms with Crippen LogP contribution in [0.15, 0.2) is 18.2 Å². The van der Waals surface area contributed by atoms with Gasteiger partial charge in [0.1, 0.15) is 0 Å². The predicted molar refractivity (Wildman–Crippen MR) is 62.7 cm³/mol. The Morgan fingerprint density at radius 2 is 0.875 bits per heavy atom. The van der Waals surface area contributed by atoms with Crippen LogP contribution in [0.1, 0.15) is 31.1 Å². The highest BCUT2D eigenvalue weighted by Crippen LogP contribution is 2.11. The minimum atomic E-state index is -1.37. The summed E-state index contributed by atoms with van der Waals surface area (Å²) in [5.74, 6) is -4.12. The van der Waals surface area contributed by atoms with Gasteiger partial charge in [-0.1, -0.05) is 0 Å². The molecule has 0 radical (unpaired) electrons. The topological polar surface area (TPSA) is 112 Å². The number of hydrogen-bond donors (Lipinski definition) is 3. The molecule has 0 amide bonds. The van der Waals surface area contributed by atoms with Crippen molar-refractivity contribution in [3.05, 3.63) is 34.9 Å². The normalized spacial score (nSPS) is 9.00. The average molecular weight is 338 g/mol. The highest BCUT2D eigenvalue weighted by Gasteiger charge is 2.14. The SMILES string of the molecule is I.O=C(O)c1cc(C(=O)O)cc(C(=O)O)c1. The van der Waals surface area contributed by atoms with Gasteiger partial charge >= 0.3 is 17.9 Å². The first kappa shape index (κ1) is 14.4. The molecule has 0 atom stereocenters.